The average Bonchev–Trinajstić information content (AvgIpc) is 2.45. The summed E-state index contributed by atoms with van der Waals surface area (Å²) in [5.74, 6) is 2.20. The summed E-state index contributed by atoms with van der Waals surface area (Å²) >= 11 is 0. The first-order valence-electron chi connectivity index (χ1n) is 7.19. The van der Waals surface area contributed by atoms with Crippen molar-refractivity contribution in [1.82, 2.24) is 9.97 Å². The Kier molecular flexibility index (Phi) is 4.96. The Bertz CT molecular complexity index is 389. The molecule has 1 fully saturated rings. The summed E-state index contributed by atoms with van der Waals surface area (Å²) in [6.45, 7) is 6.83. The Morgan fingerprint density at radius 3 is 2.79 bits per heavy atom. The van der Waals surface area contributed by atoms with E-state index in [0.29, 0.717) is 5.92 Å². The second-order valence-electron chi connectivity index (χ2n) is 5.25. The molecule has 0 amide bonds. The van der Waals surface area contributed by atoms with Crippen LogP contribution in [-0.4, -0.2) is 40.8 Å². The third-order valence-electron chi connectivity index (χ3n) is 3.72. The molecule has 0 bridgehead atoms. The van der Waals surface area contributed by atoms with Gasteiger partial charge < -0.3 is 15.3 Å². The van der Waals surface area contributed by atoms with Crippen LogP contribution in [0.4, 0.5) is 11.6 Å². The monoisotopic (exact) mass is 264 g/mol. The maximum absolute atomic E-state index is 9.62. The molecule has 5 nitrogen and oxygen atoms in total. The fourth-order valence-corrected chi connectivity index (χ4v) is 2.46. The molecule has 0 spiro atoms. The van der Waals surface area contributed by atoms with Crippen LogP contribution in [0.15, 0.2) is 12.4 Å². The van der Waals surface area contributed by atoms with Gasteiger partial charge in [0.1, 0.15) is 11.6 Å². The number of anilines is 2. The van der Waals surface area contributed by atoms with Crippen LogP contribution in [0, 0.1) is 5.92 Å². The number of piperidine rings is 1. The number of aliphatic hydroxyl groups excluding tert-OH is 1. The first-order chi connectivity index (χ1) is 9.20. The van der Waals surface area contributed by atoms with Crippen LogP contribution >= 0.6 is 0 Å². The highest BCUT2D eigenvalue weighted by molar-refractivity contribution is 5.44. The molecule has 106 valence electrons. The van der Waals surface area contributed by atoms with Crippen LogP contribution in [-0.2, 0) is 0 Å². The molecule has 5 heteroatoms. The van der Waals surface area contributed by atoms with Gasteiger partial charge >= 0.3 is 0 Å². The van der Waals surface area contributed by atoms with Crippen molar-refractivity contribution in [2.75, 3.05) is 29.9 Å². The molecule has 0 radical (unpaired) electrons. The number of hydrogen-bond donors (Lipinski definition) is 2. The maximum Gasteiger partial charge on any atom is 0.149 e. The van der Waals surface area contributed by atoms with Crippen molar-refractivity contribution in [1.29, 1.82) is 0 Å². The molecule has 2 heterocycles. The van der Waals surface area contributed by atoms with Crippen molar-refractivity contribution in [2.24, 2.45) is 5.92 Å². The van der Waals surface area contributed by atoms with E-state index in [1.807, 2.05) is 13.1 Å². The lowest BCUT2D eigenvalue weighted by molar-refractivity contribution is 0.110. The zero-order valence-electron chi connectivity index (χ0n) is 11.8. The molecule has 19 heavy (non-hydrogen) atoms. The molecule has 0 aromatic carbocycles. The van der Waals surface area contributed by atoms with Gasteiger partial charge in [0.25, 0.3) is 0 Å². The number of rotatable bonds is 5. The topological polar surface area (TPSA) is 61.3 Å². The number of aliphatic hydroxyl groups is 1. The second-order valence-corrected chi connectivity index (χ2v) is 5.25. The summed E-state index contributed by atoms with van der Waals surface area (Å²) in [7, 11) is 0. The van der Waals surface area contributed by atoms with E-state index in [4.69, 9.17) is 0 Å². The molecule has 2 N–H and O–H groups in total. The third-order valence-corrected chi connectivity index (χ3v) is 3.72. The average molecular weight is 264 g/mol. The first kappa shape index (κ1) is 14.1. The molecular weight excluding hydrogens is 240 g/mol. The fraction of sp³-hybridized carbons (Fsp3) is 0.714. The van der Waals surface area contributed by atoms with Crippen LogP contribution in [0.25, 0.3) is 0 Å². The molecule has 1 aliphatic heterocycles. The Balaban J connectivity index is 1.95. The highest BCUT2D eigenvalue weighted by atomic mass is 16.3. The van der Waals surface area contributed by atoms with E-state index in [0.717, 1.165) is 50.5 Å². The zero-order valence-corrected chi connectivity index (χ0v) is 11.8. The molecule has 1 unspecified atom stereocenters. The quantitative estimate of drug-likeness (QED) is 0.850. The fourth-order valence-electron chi connectivity index (χ4n) is 2.46. The Hall–Kier alpha value is -1.36. The number of nitrogens with one attached hydrogen (secondary N) is 1. The van der Waals surface area contributed by atoms with Gasteiger partial charge in [-0.2, -0.15) is 0 Å². The van der Waals surface area contributed by atoms with Crippen molar-refractivity contribution >= 4 is 11.6 Å². The summed E-state index contributed by atoms with van der Waals surface area (Å²) in [5, 5.41) is 12.9. The summed E-state index contributed by atoms with van der Waals surface area (Å²) < 4.78 is 0. The van der Waals surface area contributed by atoms with Gasteiger partial charge in [-0.3, -0.25) is 4.98 Å². The van der Waals surface area contributed by atoms with Gasteiger partial charge in [0, 0.05) is 19.6 Å². The summed E-state index contributed by atoms with van der Waals surface area (Å²) in [6.07, 6.45) is 6.50. The van der Waals surface area contributed by atoms with Gasteiger partial charge in [-0.15, -0.1) is 0 Å². The van der Waals surface area contributed by atoms with Crippen molar-refractivity contribution in [3.63, 3.8) is 0 Å². The Morgan fingerprint density at radius 2 is 2.16 bits per heavy atom. The van der Waals surface area contributed by atoms with E-state index in [-0.39, 0.29) is 6.10 Å². The predicted octanol–water partition coefficient (Wildman–Crippen LogP) is 1.90. The standard InChI is InChI=1S/C14H24N4O/c1-3-6-16-13-9-15-10-14(17-13)18-7-4-12(5-8-18)11(2)19/h9-12,19H,3-8H2,1-2H3,(H,16,17). The molecule has 1 aromatic heterocycles. The van der Waals surface area contributed by atoms with Gasteiger partial charge in [0.2, 0.25) is 0 Å². The van der Waals surface area contributed by atoms with E-state index < -0.39 is 0 Å². The molecule has 0 aliphatic carbocycles. The lowest BCUT2D eigenvalue weighted by atomic mass is 9.92. The third kappa shape index (κ3) is 3.80. The van der Waals surface area contributed by atoms with Crippen molar-refractivity contribution in [2.45, 2.75) is 39.2 Å². The molecule has 1 saturated heterocycles. The van der Waals surface area contributed by atoms with Crippen molar-refractivity contribution in [3.05, 3.63) is 12.4 Å². The van der Waals surface area contributed by atoms with Crippen molar-refractivity contribution in [3.8, 4) is 0 Å². The molecule has 1 atom stereocenters. The number of aromatic nitrogens is 2. The van der Waals surface area contributed by atoms with Crippen LogP contribution in [0.5, 0.6) is 0 Å². The predicted molar refractivity (Wildman–Crippen MR) is 77.4 cm³/mol. The Labute approximate surface area is 115 Å². The smallest absolute Gasteiger partial charge is 0.149 e. The SMILES string of the molecule is CCCNc1cncc(N2CCC(C(C)O)CC2)n1. The van der Waals surface area contributed by atoms with Crippen LogP contribution in [0.3, 0.4) is 0 Å². The maximum atomic E-state index is 9.62. The van der Waals surface area contributed by atoms with E-state index in [9.17, 15) is 5.11 Å². The summed E-state index contributed by atoms with van der Waals surface area (Å²) in [4.78, 5) is 11.1. The minimum atomic E-state index is -0.203. The van der Waals surface area contributed by atoms with Gasteiger partial charge in [-0.1, -0.05) is 6.92 Å². The molecule has 0 saturated carbocycles. The molecule has 1 aromatic rings. The van der Waals surface area contributed by atoms with E-state index >= 15 is 0 Å². The minimum absolute atomic E-state index is 0.203. The van der Waals surface area contributed by atoms with E-state index in [1.54, 1.807) is 6.20 Å². The number of hydrogen-bond acceptors (Lipinski definition) is 5. The molecular formula is C14H24N4O. The molecule has 1 aliphatic rings. The molecule has 2 rings (SSSR count). The van der Waals surface area contributed by atoms with Crippen molar-refractivity contribution < 1.29 is 5.11 Å². The number of nitrogens with zero attached hydrogens (tertiary/aromatic N) is 3. The first-order valence-corrected chi connectivity index (χ1v) is 7.19. The van der Waals surface area contributed by atoms with Gasteiger partial charge in [0.05, 0.1) is 18.5 Å². The highest BCUT2D eigenvalue weighted by Crippen LogP contribution is 2.24. The Morgan fingerprint density at radius 1 is 1.42 bits per heavy atom. The largest absolute Gasteiger partial charge is 0.393 e. The van der Waals surface area contributed by atoms with E-state index in [2.05, 4.69) is 27.1 Å². The van der Waals surface area contributed by atoms with Crippen LogP contribution in [0.2, 0.25) is 0 Å². The highest BCUT2D eigenvalue weighted by Gasteiger charge is 2.23. The van der Waals surface area contributed by atoms with Gasteiger partial charge in [0.15, 0.2) is 0 Å². The van der Waals surface area contributed by atoms with Gasteiger partial charge in [-0.05, 0) is 32.1 Å². The zero-order chi connectivity index (χ0) is 13.7. The van der Waals surface area contributed by atoms with Crippen LogP contribution in [0.1, 0.15) is 33.1 Å². The van der Waals surface area contributed by atoms with Gasteiger partial charge in [-0.25, -0.2) is 4.98 Å². The second kappa shape index (κ2) is 6.70. The lowest BCUT2D eigenvalue weighted by Gasteiger charge is -2.33. The summed E-state index contributed by atoms with van der Waals surface area (Å²) in [6, 6.07) is 0. The van der Waals surface area contributed by atoms with E-state index in [1.165, 1.54) is 0 Å². The summed E-state index contributed by atoms with van der Waals surface area (Å²) in [5.41, 5.74) is 0. The lowest BCUT2D eigenvalue weighted by Crippen LogP contribution is -2.37. The van der Waals surface area contributed by atoms with Crippen LogP contribution < -0.4 is 10.2 Å². The minimum Gasteiger partial charge on any atom is -0.393 e. The normalized spacial score (nSPS) is 18.4.